The minimum absolute atomic E-state index is 0.334. The zero-order valence-electron chi connectivity index (χ0n) is 30.1. The van der Waals surface area contributed by atoms with Crippen molar-refractivity contribution in [2.45, 2.75) is 12.3 Å². The number of hydrogen-bond donors (Lipinski definition) is 0. The molecule has 262 valence electrons. The molecular formula is C51H40O3. The van der Waals surface area contributed by atoms with E-state index < -0.39 is 0 Å². The Labute approximate surface area is 316 Å². The van der Waals surface area contributed by atoms with Crippen LogP contribution in [-0.2, 0) is 11.2 Å². The van der Waals surface area contributed by atoms with E-state index in [1.165, 1.54) is 95.6 Å². The van der Waals surface area contributed by atoms with Gasteiger partial charge in [-0.15, -0.1) is 0 Å². The lowest BCUT2D eigenvalue weighted by atomic mass is 9.98. The summed E-state index contributed by atoms with van der Waals surface area (Å²) in [6, 6.07) is 55.3. The molecule has 0 aromatic heterocycles. The Bertz CT molecular complexity index is 2620. The summed E-state index contributed by atoms with van der Waals surface area (Å²) in [5, 5.41) is 7.45. The molecule has 8 aromatic rings. The molecule has 3 heteroatoms. The zero-order valence-corrected chi connectivity index (χ0v) is 30.1. The smallest absolute Gasteiger partial charge is 0.130 e. The highest BCUT2D eigenvalue weighted by molar-refractivity contribution is 6.05. The number of ether oxygens (including phenoxy) is 3. The first-order valence-corrected chi connectivity index (χ1v) is 18.2. The van der Waals surface area contributed by atoms with Gasteiger partial charge in [0.1, 0.15) is 11.5 Å². The molecule has 0 saturated heterocycles. The molecule has 3 nitrogen and oxygen atoms in total. The van der Waals surface area contributed by atoms with Gasteiger partial charge in [-0.05, 0) is 114 Å². The predicted octanol–water partition coefficient (Wildman–Crippen LogP) is 13.4. The van der Waals surface area contributed by atoms with Gasteiger partial charge < -0.3 is 14.2 Å². The second-order valence-corrected chi connectivity index (χ2v) is 13.3. The summed E-state index contributed by atoms with van der Waals surface area (Å²) in [6.45, 7) is 11.5. The van der Waals surface area contributed by atoms with Gasteiger partial charge in [-0.25, -0.2) is 0 Å². The maximum atomic E-state index is 5.44. The minimum atomic E-state index is 0.334. The summed E-state index contributed by atoms with van der Waals surface area (Å²) in [7, 11) is 0. The highest BCUT2D eigenvalue weighted by Crippen LogP contribution is 2.44. The third-order valence-electron chi connectivity index (χ3n) is 10.2. The molecule has 2 aliphatic rings. The molecule has 0 bridgehead atoms. The van der Waals surface area contributed by atoms with Gasteiger partial charge in [-0.1, -0.05) is 135 Å². The van der Waals surface area contributed by atoms with E-state index in [0.29, 0.717) is 12.5 Å². The van der Waals surface area contributed by atoms with E-state index in [9.17, 15) is 0 Å². The van der Waals surface area contributed by atoms with Gasteiger partial charge in [0.25, 0.3) is 0 Å². The molecular weight excluding hydrogens is 661 g/mol. The van der Waals surface area contributed by atoms with Gasteiger partial charge in [0.15, 0.2) is 0 Å². The quantitative estimate of drug-likeness (QED) is 0.122. The number of benzene rings is 8. The van der Waals surface area contributed by atoms with Crippen LogP contribution < -0.4 is 9.47 Å². The first-order chi connectivity index (χ1) is 26.6. The molecule has 2 aliphatic carbocycles. The third-order valence-corrected chi connectivity index (χ3v) is 10.2. The van der Waals surface area contributed by atoms with Crippen molar-refractivity contribution in [3.05, 3.63) is 219 Å². The highest BCUT2D eigenvalue weighted by atomic mass is 16.5. The van der Waals surface area contributed by atoms with Crippen molar-refractivity contribution in [1.82, 2.24) is 0 Å². The first kappa shape index (κ1) is 34.3. The van der Waals surface area contributed by atoms with Crippen LogP contribution in [0, 0.1) is 0 Å². The minimum Gasteiger partial charge on any atom is -0.501 e. The molecule has 0 fully saturated rings. The Morgan fingerprint density at radius 1 is 0.463 bits per heavy atom. The molecule has 0 radical (unpaired) electrons. The molecule has 0 heterocycles. The molecule has 0 atom stereocenters. The summed E-state index contributed by atoms with van der Waals surface area (Å²) < 4.78 is 16.2. The molecule has 54 heavy (non-hydrogen) atoms. The van der Waals surface area contributed by atoms with E-state index in [2.05, 4.69) is 153 Å². The van der Waals surface area contributed by atoms with E-state index in [-0.39, 0.29) is 0 Å². The van der Waals surface area contributed by atoms with Crippen molar-refractivity contribution < 1.29 is 14.2 Å². The molecule has 0 saturated carbocycles. The Balaban J connectivity index is 0.000000116. The molecule has 0 spiro atoms. The lowest BCUT2D eigenvalue weighted by molar-refractivity contribution is 0.241. The largest absolute Gasteiger partial charge is 0.501 e. The average molecular weight is 701 g/mol. The highest BCUT2D eigenvalue weighted by Gasteiger charge is 2.28. The average Bonchev–Trinajstić information content (AvgIpc) is 3.76. The molecule has 8 aromatic carbocycles. The Kier molecular flexibility index (Phi) is 9.78. The lowest BCUT2D eigenvalue weighted by Crippen LogP contribution is -2.03. The van der Waals surface area contributed by atoms with Crippen molar-refractivity contribution in [1.29, 1.82) is 0 Å². The fraction of sp³-hybridized carbons (Fsp3) is 0.0588. The van der Waals surface area contributed by atoms with E-state index in [0.717, 1.165) is 17.9 Å². The van der Waals surface area contributed by atoms with Crippen LogP contribution in [-0.4, -0.2) is 6.61 Å². The maximum Gasteiger partial charge on any atom is 0.130 e. The summed E-state index contributed by atoms with van der Waals surface area (Å²) in [6.07, 6.45) is 5.41. The van der Waals surface area contributed by atoms with E-state index in [1.54, 1.807) is 0 Å². The monoisotopic (exact) mass is 700 g/mol. The molecule has 0 aliphatic heterocycles. The van der Waals surface area contributed by atoms with Crippen LogP contribution in [0.15, 0.2) is 196 Å². The zero-order chi connectivity index (χ0) is 36.9. The van der Waals surface area contributed by atoms with Crippen LogP contribution in [0.1, 0.15) is 28.2 Å². The topological polar surface area (TPSA) is 27.7 Å². The van der Waals surface area contributed by atoms with Crippen LogP contribution >= 0.6 is 0 Å². The number of hydrogen-bond acceptors (Lipinski definition) is 3. The van der Waals surface area contributed by atoms with Crippen LogP contribution in [0.5, 0.6) is 11.5 Å². The fourth-order valence-electron chi connectivity index (χ4n) is 7.77. The Hall–Kier alpha value is -6.84. The Morgan fingerprint density at radius 2 is 1.00 bits per heavy atom. The summed E-state index contributed by atoms with van der Waals surface area (Å²) in [5.41, 5.74) is 10.6. The molecule has 0 N–H and O–H groups in total. The molecule has 0 amide bonds. The van der Waals surface area contributed by atoms with Gasteiger partial charge in [0.2, 0.25) is 0 Å². The van der Waals surface area contributed by atoms with Gasteiger partial charge >= 0.3 is 0 Å². The van der Waals surface area contributed by atoms with Crippen molar-refractivity contribution in [3.63, 3.8) is 0 Å². The lowest BCUT2D eigenvalue weighted by Gasteiger charge is -2.12. The molecule has 10 rings (SSSR count). The van der Waals surface area contributed by atoms with Crippen LogP contribution in [0.4, 0.5) is 0 Å². The van der Waals surface area contributed by atoms with Gasteiger partial charge in [0, 0.05) is 17.9 Å². The number of fused-ring (bicyclic) bond motifs is 9. The number of rotatable bonds is 7. The van der Waals surface area contributed by atoms with E-state index >= 15 is 0 Å². The van der Waals surface area contributed by atoms with Gasteiger partial charge in [-0.3, -0.25) is 0 Å². The van der Waals surface area contributed by atoms with Crippen molar-refractivity contribution in [3.8, 4) is 33.8 Å². The SMILES string of the molecule is C=COCC1c2ccccc2-c2ccccc21.C=COc1ccc2cc3cc4ccccc4cc3cc2c1.C=COc1cccc2c1Cc1ccccc1-2. The van der Waals surface area contributed by atoms with Gasteiger partial charge in [0.05, 0.1) is 25.4 Å². The first-order valence-electron chi connectivity index (χ1n) is 18.2. The van der Waals surface area contributed by atoms with Crippen LogP contribution in [0.2, 0.25) is 0 Å². The Morgan fingerprint density at radius 3 is 1.65 bits per heavy atom. The fourth-order valence-corrected chi connectivity index (χ4v) is 7.77. The second-order valence-electron chi connectivity index (χ2n) is 13.3. The van der Waals surface area contributed by atoms with Crippen molar-refractivity contribution in [2.24, 2.45) is 0 Å². The summed E-state index contributed by atoms with van der Waals surface area (Å²) >= 11 is 0. The van der Waals surface area contributed by atoms with Gasteiger partial charge in [-0.2, -0.15) is 0 Å². The summed E-state index contributed by atoms with van der Waals surface area (Å²) in [5.74, 6) is 2.07. The summed E-state index contributed by atoms with van der Waals surface area (Å²) in [4.78, 5) is 0. The predicted molar refractivity (Wildman–Crippen MR) is 225 cm³/mol. The van der Waals surface area contributed by atoms with Crippen LogP contribution in [0.3, 0.4) is 0 Å². The molecule has 0 unspecified atom stereocenters. The van der Waals surface area contributed by atoms with E-state index in [4.69, 9.17) is 14.2 Å². The van der Waals surface area contributed by atoms with E-state index in [1.807, 2.05) is 24.3 Å². The standard InChI is InChI=1S/C20H14O.C16H14O.C15H12O/c1-2-21-20-8-7-16-11-17-9-14-5-3-4-6-15(14)10-18(17)12-19(16)13-20;1-2-17-11-16-14-9-5-3-7-12(14)13-8-4-6-10-15(13)16;1-2-16-15-9-5-8-13-12-7-4-3-6-11(12)10-14(13)15/h2-13H,1H2;2-10,16H,1,11H2;2-9H,1,10H2. The second kappa shape index (κ2) is 15.4. The third kappa shape index (κ3) is 6.76. The van der Waals surface area contributed by atoms with Crippen LogP contribution in [0.25, 0.3) is 54.6 Å². The maximum absolute atomic E-state index is 5.44. The van der Waals surface area contributed by atoms with Crippen molar-refractivity contribution in [2.75, 3.05) is 6.61 Å². The van der Waals surface area contributed by atoms with Crippen molar-refractivity contribution >= 4 is 32.3 Å². The normalized spacial score (nSPS) is 11.9.